The second-order valence-electron chi connectivity index (χ2n) is 5.62. The van der Waals surface area contributed by atoms with Crippen molar-refractivity contribution < 1.29 is 9.90 Å². The molecule has 3 rings (SSSR count). The van der Waals surface area contributed by atoms with Crippen molar-refractivity contribution in [3.05, 3.63) is 22.8 Å². The van der Waals surface area contributed by atoms with E-state index in [-0.39, 0.29) is 5.56 Å². The van der Waals surface area contributed by atoms with Crippen molar-refractivity contribution in [2.24, 2.45) is 5.92 Å². The molecular weight excluding hydrogens is 278 g/mol. The van der Waals surface area contributed by atoms with Gasteiger partial charge in [0.2, 0.25) is 0 Å². The van der Waals surface area contributed by atoms with Crippen LogP contribution in [0.4, 0.5) is 5.82 Å². The first-order valence-electron chi connectivity index (χ1n) is 7.00. The number of nitrogens with one attached hydrogen (secondary N) is 1. The molecule has 2 N–H and O–H groups in total. The van der Waals surface area contributed by atoms with Gasteiger partial charge >= 0.3 is 5.97 Å². The number of anilines is 1. The maximum Gasteiger partial charge on any atom is 0.337 e. The minimum absolute atomic E-state index is 0.112. The van der Waals surface area contributed by atoms with Gasteiger partial charge in [0.15, 0.2) is 0 Å². The standard InChI is InChI=1S/C14H18ClN3O2/c15-12-5-10(14(19)20)7-17-13(12)16-6-9-3-4-18(8-9)11-1-2-11/h5,7,9,11H,1-4,6,8H2,(H,16,17)(H,19,20). The highest BCUT2D eigenvalue weighted by Crippen LogP contribution is 2.32. The Bertz CT molecular complexity index is 519. The Labute approximate surface area is 122 Å². The van der Waals surface area contributed by atoms with Gasteiger partial charge in [-0.2, -0.15) is 0 Å². The summed E-state index contributed by atoms with van der Waals surface area (Å²) in [7, 11) is 0. The van der Waals surface area contributed by atoms with Gasteiger partial charge in [-0.25, -0.2) is 9.78 Å². The number of pyridine rings is 1. The molecular formula is C14H18ClN3O2. The molecule has 2 fully saturated rings. The minimum atomic E-state index is -1.01. The van der Waals surface area contributed by atoms with E-state index < -0.39 is 5.97 Å². The molecule has 0 aromatic carbocycles. The van der Waals surface area contributed by atoms with Crippen molar-refractivity contribution in [3.63, 3.8) is 0 Å². The fourth-order valence-electron chi connectivity index (χ4n) is 2.73. The van der Waals surface area contributed by atoms with Crippen LogP contribution >= 0.6 is 11.6 Å². The van der Waals surface area contributed by atoms with Gasteiger partial charge < -0.3 is 15.3 Å². The topological polar surface area (TPSA) is 65.5 Å². The van der Waals surface area contributed by atoms with E-state index in [0.29, 0.717) is 16.8 Å². The zero-order chi connectivity index (χ0) is 14.1. The molecule has 1 aliphatic heterocycles. The van der Waals surface area contributed by atoms with E-state index in [4.69, 9.17) is 16.7 Å². The monoisotopic (exact) mass is 295 g/mol. The van der Waals surface area contributed by atoms with Gasteiger partial charge in [0.25, 0.3) is 0 Å². The van der Waals surface area contributed by atoms with Gasteiger partial charge in [0.1, 0.15) is 5.82 Å². The van der Waals surface area contributed by atoms with Crippen molar-refractivity contribution in [2.75, 3.05) is 25.0 Å². The van der Waals surface area contributed by atoms with Crippen LogP contribution in [-0.4, -0.2) is 46.6 Å². The normalized spacial score (nSPS) is 22.9. The summed E-state index contributed by atoms with van der Waals surface area (Å²) < 4.78 is 0. The summed E-state index contributed by atoms with van der Waals surface area (Å²) in [6, 6.07) is 2.27. The Hall–Kier alpha value is -1.33. The van der Waals surface area contributed by atoms with Crippen molar-refractivity contribution in [2.45, 2.75) is 25.3 Å². The molecule has 2 heterocycles. The van der Waals surface area contributed by atoms with Crippen LogP contribution < -0.4 is 5.32 Å². The first-order chi connectivity index (χ1) is 9.63. The van der Waals surface area contributed by atoms with Crippen molar-refractivity contribution in [1.29, 1.82) is 0 Å². The number of likely N-dealkylation sites (tertiary alicyclic amines) is 1. The van der Waals surface area contributed by atoms with E-state index in [1.54, 1.807) is 0 Å². The average Bonchev–Trinajstić information content (AvgIpc) is 3.17. The summed E-state index contributed by atoms with van der Waals surface area (Å²) >= 11 is 6.05. The van der Waals surface area contributed by atoms with E-state index in [2.05, 4.69) is 15.2 Å². The fraction of sp³-hybridized carbons (Fsp3) is 0.571. The molecule has 1 unspecified atom stereocenters. The number of hydrogen-bond donors (Lipinski definition) is 2. The number of aromatic nitrogens is 1. The molecule has 0 spiro atoms. The number of carboxylic acid groups (broad SMARTS) is 1. The highest BCUT2D eigenvalue weighted by Gasteiger charge is 2.34. The maximum atomic E-state index is 10.8. The second-order valence-corrected chi connectivity index (χ2v) is 6.03. The molecule has 20 heavy (non-hydrogen) atoms. The van der Waals surface area contributed by atoms with E-state index >= 15 is 0 Å². The molecule has 108 valence electrons. The van der Waals surface area contributed by atoms with E-state index in [0.717, 1.165) is 19.1 Å². The van der Waals surface area contributed by atoms with Crippen molar-refractivity contribution in [1.82, 2.24) is 9.88 Å². The van der Waals surface area contributed by atoms with Crippen LogP contribution in [0.3, 0.4) is 0 Å². The molecule has 1 saturated heterocycles. The molecule has 1 aromatic rings. The maximum absolute atomic E-state index is 10.8. The third-order valence-electron chi connectivity index (χ3n) is 4.03. The van der Waals surface area contributed by atoms with Crippen LogP contribution in [0.2, 0.25) is 5.02 Å². The van der Waals surface area contributed by atoms with Crippen LogP contribution in [0.5, 0.6) is 0 Å². The predicted molar refractivity (Wildman–Crippen MR) is 77.4 cm³/mol. The van der Waals surface area contributed by atoms with E-state index in [1.165, 1.54) is 38.1 Å². The SMILES string of the molecule is O=C(O)c1cnc(NCC2CCN(C3CC3)C2)c(Cl)c1. The lowest BCUT2D eigenvalue weighted by molar-refractivity contribution is 0.0696. The van der Waals surface area contributed by atoms with E-state index in [1.807, 2.05) is 0 Å². The minimum Gasteiger partial charge on any atom is -0.478 e. The summed E-state index contributed by atoms with van der Waals surface area (Å²) in [5.74, 6) is 0.177. The molecule has 2 aliphatic rings. The first kappa shape index (κ1) is 13.6. The Morgan fingerprint density at radius 2 is 2.30 bits per heavy atom. The quantitative estimate of drug-likeness (QED) is 0.873. The largest absolute Gasteiger partial charge is 0.478 e. The second kappa shape index (κ2) is 5.58. The van der Waals surface area contributed by atoms with Crippen LogP contribution in [0, 0.1) is 5.92 Å². The number of carboxylic acids is 1. The summed E-state index contributed by atoms with van der Waals surface area (Å²) in [5, 5.41) is 12.5. The Balaban J connectivity index is 1.54. The van der Waals surface area contributed by atoms with Gasteiger partial charge in [-0.05, 0) is 37.8 Å². The number of aromatic carboxylic acids is 1. The molecule has 5 nitrogen and oxygen atoms in total. The molecule has 0 bridgehead atoms. The molecule has 1 atom stereocenters. The zero-order valence-electron chi connectivity index (χ0n) is 11.2. The Morgan fingerprint density at radius 3 is 2.95 bits per heavy atom. The lowest BCUT2D eigenvalue weighted by Gasteiger charge is -2.15. The summed E-state index contributed by atoms with van der Waals surface area (Å²) in [4.78, 5) is 17.5. The molecule has 1 aliphatic carbocycles. The molecule has 0 radical (unpaired) electrons. The van der Waals surface area contributed by atoms with Crippen molar-refractivity contribution >= 4 is 23.4 Å². The van der Waals surface area contributed by atoms with Gasteiger partial charge in [-0.1, -0.05) is 11.6 Å². The summed E-state index contributed by atoms with van der Waals surface area (Å²) in [6.07, 6.45) is 5.24. The first-order valence-corrected chi connectivity index (χ1v) is 7.38. The Kier molecular flexibility index (Phi) is 3.81. The number of carbonyl (C=O) groups is 1. The Morgan fingerprint density at radius 1 is 1.50 bits per heavy atom. The fourth-order valence-corrected chi connectivity index (χ4v) is 2.96. The number of halogens is 1. The zero-order valence-corrected chi connectivity index (χ0v) is 11.9. The van der Waals surface area contributed by atoms with Crippen LogP contribution in [0.1, 0.15) is 29.6 Å². The number of nitrogens with zero attached hydrogens (tertiary/aromatic N) is 2. The van der Waals surface area contributed by atoms with Crippen LogP contribution in [0.25, 0.3) is 0 Å². The number of hydrogen-bond acceptors (Lipinski definition) is 4. The van der Waals surface area contributed by atoms with Crippen molar-refractivity contribution in [3.8, 4) is 0 Å². The van der Waals surface area contributed by atoms with Gasteiger partial charge in [-0.3, -0.25) is 0 Å². The molecule has 1 saturated carbocycles. The molecule has 1 aromatic heterocycles. The van der Waals surface area contributed by atoms with Gasteiger partial charge in [-0.15, -0.1) is 0 Å². The molecule has 0 amide bonds. The highest BCUT2D eigenvalue weighted by atomic mass is 35.5. The smallest absolute Gasteiger partial charge is 0.337 e. The van der Waals surface area contributed by atoms with E-state index in [9.17, 15) is 4.79 Å². The van der Waals surface area contributed by atoms with Crippen LogP contribution in [-0.2, 0) is 0 Å². The lowest BCUT2D eigenvalue weighted by Crippen LogP contribution is -2.25. The third-order valence-corrected chi connectivity index (χ3v) is 4.31. The van der Waals surface area contributed by atoms with Gasteiger partial charge in [0.05, 0.1) is 10.6 Å². The summed E-state index contributed by atoms with van der Waals surface area (Å²) in [6.45, 7) is 3.17. The summed E-state index contributed by atoms with van der Waals surface area (Å²) in [5.41, 5.74) is 0.112. The van der Waals surface area contributed by atoms with Crippen LogP contribution in [0.15, 0.2) is 12.3 Å². The average molecular weight is 296 g/mol. The number of rotatable bonds is 5. The lowest BCUT2D eigenvalue weighted by atomic mass is 10.1. The predicted octanol–water partition coefficient (Wildman–Crippen LogP) is 2.33. The van der Waals surface area contributed by atoms with Gasteiger partial charge in [0, 0.05) is 25.3 Å². The highest BCUT2D eigenvalue weighted by molar-refractivity contribution is 6.33. The third kappa shape index (κ3) is 3.04. The molecule has 6 heteroatoms.